The van der Waals surface area contributed by atoms with Crippen LogP contribution >= 0.6 is 12.2 Å². The number of alkyl halides is 4. The Hall–Kier alpha value is -2.92. The number of hydrogen-bond acceptors (Lipinski definition) is 5. The van der Waals surface area contributed by atoms with Crippen molar-refractivity contribution in [2.24, 2.45) is 0 Å². The van der Waals surface area contributed by atoms with Crippen LogP contribution in [0.3, 0.4) is 0 Å². The fourth-order valence-electron chi connectivity index (χ4n) is 2.80. The van der Waals surface area contributed by atoms with Gasteiger partial charge >= 0.3 is 12.3 Å². The van der Waals surface area contributed by atoms with Crippen molar-refractivity contribution in [3.05, 3.63) is 59.2 Å². The number of thiocarbonyl (C=S) groups is 1. The number of carbonyl (C=O) groups is 1. The fraction of sp³-hybridized carbons (Fsp3) is 0.300. The SMILES string of the molecule is COc1ccc(/C=C2/NC(=S)N(Cc3ccco3)C2=O)cc1COCC(F)(F)C(F)F. The lowest BCUT2D eigenvalue weighted by Gasteiger charge is -2.16. The molecule has 0 saturated carbocycles. The number of carbonyl (C=O) groups excluding carboxylic acids is 1. The summed E-state index contributed by atoms with van der Waals surface area (Å²) in [4.78, 5) is 14.0. The number of nitrogens with one attached hydrogen (secondary N) is 1. The standard InChI is InChI=1S/C20H18F4N2O4S/c1-28-16-5-4-12(7-13(16)10-29-11-20(23,24)18(21)22)8-15-17(27)26(19(31)25-15)9-14-3-2-6-30-14/h2-8,18H,9-11H2,1H3,(H,25,31)/b15-8+. The maximum Gasteiger partial charge on any atom is 0.330 e. The zero-order chi connectivity index (χ0) is 22.6. The molecule has 6 nitrogen and oxygen atoms in total. The summed E-state index contributed by atoms with van der Waals surface area (Å²) < 4.78 is 65.8. The fourth-order valence-corrected chi connectivity index (χ4v) is 3.06. The lowest BCUT2D eigenvalue weighted by Crippen LogP contribution is -2.32. The number of halogens is 4. The molecule has 2 heterocycles. The molecular formula is C20H18F4N2O4S. The summed E-state index contributed by atoms with van der Waals surface area (Å²) in [6.45, 7) is -1.66. The minimum absolute atomic E-state index is 0.162. The summed E-state index contributed by atoms with van der Waals surface area (Å²) in [5, 5.41) is 3.03. The van der Waals surface area contributed by atoms with Gasteiger partial charge in [0.2, 0.25) is 0 Å². The van der Waals surface area contributed by atoms with Gasteiger partial charge in [-0.15, -0.1) is 0 Å². The molecule has 0 atom stereocenters. The highest BCUT2D eigenvalue weighted by molar-refractivity contribution is 7.80. The van der Waals surface area contributed by atoms with Crippen LogP contribution in [-0.4, -0.2) is 42.0 Å². The summed E-state index contributed by atoms with van der Waals surface area (Å²) in [6.07, 6.45) is -0.813. The van der Waals surface area contributed by atoms with Crippen LogP contribution in [0.5, 0.6) is 5.75 Å². The largest absolute Gasteiger partial charge is 0.496 e. The van der Waals surface area contributed by atoms with Crippen molar-refractivity contribution < 1.29 is 36.2 Å². The lowest BCUT2D eigenvalue weighted by molar-refractivity contribution is -0.168. The molecule has 1 aliphatic rings. The zero-order valence-electron chi connectivity index (χ0n) is 16.2. The van der Waals surface area contributed by atoms with Gasteiger partial charge in [0.1, 0.15) is 23.8 Å². The van der Waals surface area contributed by atoms with Crippen LogP contribution in [0.4, 0.5) is 17.6 Å². The van der Waals surface area contributed by atoms with Crippen molar-refractivity contribution >= 4 is 29.3 Å². The van der Waals surface area contributed by atoms with Gasteiger partial charge in [-0.3, -0.25) is 9.69 Å². The molecule has 0 unspecified atom stereocenters. The van der Waals surface area contributed by atoms with Crippen molar-refractivity contribution in [3.63, 3.8) is 0 Å². The lowest BCUT2D eigenvalue weighted by atomic mass is 10.1. The van der Waals surface area contributed by atoms with Crippen molar-refractivity contribution in [2.75, 3.05) is 13.7 Å². The molecule has 1 saturated heterocycles. The number of furan rings is 1. The van der Waals surface area contributed by atoms with Gasteiger partial charge in [0, 0.05) is 5.56 Å². The summed E-state index contributed by atoms with van der Waals surface area (Å²) >= 11 is 5.20. The Morgan fingerprint density at radius 1 is 1.32 bits per heavy atom. The molecule has 2 aromatic rings. The summed E-state index contributed by atoms with van der Waals surface area (Å²) in [7, 11) is 1.37. The molecule has 1 aromatic heterocycles. The van der Waals surface area contributed by atoms with E-state index in [1.807, 2.05) is 0 Å². The number of nitrogens with zero attached hydrogens (tertiary/aromatic N) is 1. The molecule has 1 aliphatic heterocycles. The molecule has 3 rings (SSSR count). The second-order valence-electron chi connectivity index (χ2n) is 6.58. The number of ether oxygens (including phenoxy) is 2. The highest BCUT2D eigenvalue weighted by Crippen LogP contribution is 2.26. The predicted octanol–water partition coefficient (Wildman–Crippen LogP) is 3.96. The highest BCUT2D eigenvalue weighted by atomic mass is 32.1. The van der Waals surface area contributed by atoms with E-state index in [4.69, 9.17) is 26.1 Å². The topological polar surface area (TPSA) is 63.9 Å². The van der Waals surface area contributed by atoms with E-state index in [1.165, 1.54) is 24.3 Å². The minimum atomic E-state index is -4.25. The van der Waals surface area contributed by atoms with Crippen LogP contribution in [0.15, 0.2) is 46.7 Å². The van der Waals surface area contributed by atoms with Crippen LogP contribution in [0.2, 0.25) is 0 Å². The predicted molar refractivity (Wildman–Crippen MR) is 107 cm³/mol. The first-order valence-corrected chi connectivity index (χ1v) is 9.39. The van der Waals surface area contributed by atoms with Gasteiger partial charge in [0.25, 0.3) is 5.91 Å². The van der Waals surface area contributed by atoms with E-state index in [2.05, 4.69) is 5.32 Å². The Morgan fingerprint density at radius 3 is 2.74 bits per heavy atom. The van der Waals surface area contributed by atoms with Gasteiger partial charge < -0.3 is 19.2 Å². The van der Waals surface area contributed by atoms with Crippen LogP contribution in [0, 0.1) is 0 Å². The second kappa shape index (κ2) is 9.48. The summed E-state index contributed by atoms with van der Waals surface area (Å²) in [5.74, 6) is -3.74. The monoisotopic (exact) mass is 458 g/mol. The third-order valence-electron chi connectivity index (χ3n) is 4.34. The van der Waals surface area contributed by atoms with E-state index in [0.717, 1.165) is 0 Å². The third-order valence-corrected chi connectivity index (χ3v) is 4.67. The first-order chi connectivity index (χ1) is 14.7. The van der Waals surface area contributed by atoms with Gasteiger partial charge in [-0.25, -0.2) is 8.78 Å². The summed E-state index contributed by atoms with van der Waals surface area (Å²) in [6, 6.07) is 8.14. The van der Waals surface area contributed by atoms with Gasteiger partial charge in [-0.05, 0) is 48.1 Å². The number of hydrogen-bond donors (Lipinski definition) is 1. The molecule has 0 spiro atoms. The molecule has 31 heavy (non-hydrogen) atoms. The van der Waals surface area contributed by atoms with E-state index in [9.17, 15) is 22.4 Å². The Bertz CT molecular complexity index is 980. The van der Waals surface area contributed by atoms with Gasteiger partial charge in [0.15, 0.2) is 5.11 Å². The average molecular weight is 458 g/mol. The first-order valence-electron chi connectivity index (χ1n) is 8.99. The zero-order valence-corrected chi connectivity index (χ0v) is 17.1. The van der Waals surface area contributed by atoms with E-state index >= 15 is 0 Å². The molecular weight excluding hydrogens is 440 g/mol. The van der Waals surface area contributed by atoms with Crippen molar-refractivity contribution in [1.29, 1.82) is 0 Å². The minimum Gasteiger partial charge on any atom is -0.496 e. The smallest absolute Gasteiger partial charge is 0.330 e. The Balaban J connectivity index is 1.74. The Labute approximate surface area is 180 Å². The molecule has 0 radical (unpaired) electrons. The molecule has 11 heteroatoms. The number of benzene rings is 1. The quantitative estimate of drug-likeness (QED) is 0.349. The number of methoxy groups -OCH3 is 1. The van der Waals surface area contributed by atoms with Crippen LogP contribution in [0.25, 0.3) is 6.08 Å². The molecule has 1 amide bonds. The van der Waals surface area contributed by atoms with Crippen LogP contribution < -0.4 is 10.1 Å². The van der Waals surface area contributed by atoms with E-state index < -0.39 is 19.0 Å². The number of amides is 1. The number of rotatable bonds is 9. The third kappa shape index (κ3) is 5.42. The van der Waals surface area contributed by atoms with Crippen LogP contribution in [-0.2, 0) is 22.7 Å². The Kier molecular flexibility index (Phi) is 6.96. The molecule has 0 aliphatic carbocycles. The maximum atomic E-state index is 13.0. The van der Waals surface area contributed by atoms with Crippen molar-refractivity contribution in [3.8, 4) is 5.75 Å². The van der Waals surface area contributed by atoms with E-state index in [-0.39, 0.29) is 29.9 Å². The van der Waals surface area contributed by atoms with Gasteiger partial charge in [0.05, 0.1) is 26.5 Å². The van der Waals surface area contributed by atoms with Crippen molar-refractivity contribution in [1.82, 2.24) is 10.2 Å². The molecule has 1 fully saturated rings. The van der Waals surface area contributed by atoms with Crippen molar-refractivity contribution in [2.45, 2.75) is 25.5 Å². The highest BCUT2D eigenvalue weighted by Gasteiger charge is 2.41. The molecule has 166 valence electrons. The molecule has 1 aromatic carbocycles. The van der Waals surface area contributed by atoms with Crippen LogP contribution in [0.1, 0.15) is 16.9 Å². The first kappa shape index (κ1) is 22.8. The maximum absolute atomic E-state index is 13.0. The summed E-state index contributed by atoms with van der Waals surface area (Å²) in [5.41, 5.74) is 1.08. The normalized spacial score (nSPS) is 15.8. The van der Waals surface area contributed by atoms with E-state index in [0.29, 0.717) is 22.6 Å². The average Bonchev–Trinajstić information content (AvgIpc) is 3.32. The molecule has 0 bridgehead atoms. The van der Waals surface area contributed by atoms with Gasteiger partial charge in [-0.1, -0.05) is 6.07 Å². The molecule has 1 N–H and O–H groups in total. The van der Waals surface area contributed by atoms with E-state index in [1.54, 1.807) is 30.3 Å². The Morgan fingerprint density at radius 2 is 2.10 bits per heavy atom. The second-order valence-corrected chi connectivity index (χ2v) is 6.97. The van der Waals surface area contributed by atoms with Gasteiger partial charge in [-0.2, -0.15) is 8.78 Å².